The van der Waals surface area contributed by atoms with Crippen LogP contribution in [-0.2, 0) is 10.7 Å². The number of likely N-dealkylation sites (tertiary alicyclic amines) is 1. The maximum atomic E-state index is 16.4. The van der Waals surface area contributed by atoms with Crippen molar-refractivity contribution in [3.05, 3.63) is 99.7 Å². The average Bonchev–Trinajstić information content (AvgIpc) is 3.54. The van der Waals surface area contributed by atoms with Gasteiger partial charge in [0.1, 0.15) is 5.60 Å². The van der Waals surface area contributed by atoms with Gasteiger partial charge in [0.05, 0.1) is 23.4 Å². The molecule has 1 amide bonds. The quantitative estimate of drug-likeness (QED) is 0.0737. The van der Waals surface area contributed by atoms with E-state index < -0.39 is 17.6 Å². The van der Waals surface area contributed by atoms with Gasteiger partial charge in [-0.1, -0.05) is 30.3 Å². The van der Waals surface area contributed by atoms with Gasteiger partial charge in [-0.05, 0) is 86.6 Å². The van der Waals surface area contributed by atoms with Crippen LogP contribution in [-0.4, -0.2) is 66.0 Å². The first kappa shape index (κ1) is 34.2. The summed E-state index contributed by atoms with van der Waals surface area (Å²) in [5.41, 5.74) is 3.89. The SMILES string of the molecule is CN1CCCC2[C@@H](c3ncc(-c4ccc5c(c4)C(F)(F)c4cc(-c6ccc7c(=O)cc(C8CCCN8C(=O)OC(C)(C)C)[nH]c7c6)ccc4-5)[nH]3)[N+]2(N)S1. The number of pyridine rings is 1. The summed E-state index contributed by atoms with van der Waals surface area (Å²) < 4.78 is 40.9. The van der Waals surface area contributed by atoms with Gasteiger partial charge in [0.2, 0.25) is 6.04 Å². The summed E-state index contributed by atoms with van der Waals surface area (Å²) in [6.45, 7) is 6.99. The van der Waals surface area contributed by atoms with E-state index in [0.717, 1.165) is 31.6 Å². The van der Waals surface area contributed by atoms with Gasteiger partial charge < -0.3 is 14.7 Å². The van der Waals surface area contributed by atoms with Crippen molar-refractivity contribution in [2.24, 2.45) is 5.84 Å². The predicted octanol–water partition coefficient (Wildman–Crippen LogP) is 8.18. The number of carbonyl (C=O) groups excluding carboxylic acids is 1. The number of hydrogen-bond donors (Lipinski definition) is 3. The number of rotatable bonds is 4. The Morgan fingerprint density at radius 2 is 1.64 bits per heavy atom. The third-order valence-corrected chi connectivity index (χ3v) is 12.3. The molecule has 3 saturated heterocycles. The molecule has 1 aliphatic carbocycles. The fourth-order valence-electron chi connectivity index (χ4n) is 8.51. The second kappa shape index (κ2) is 12.0. The van der Waals surface area contributed by atoms with E-state index in [-0.39, 0.29) is 34.7 Å². The molecule has 274 valence electrons. The van der Waals surface area contributed by atoms with Crippen LogP contribution >= 0.6 is 12.1 Å². The van der Waals surface area contributed by atoms with Crippen LogP contribution in [0, 0.1) is 0 Å². The minimum absolute atomic E-state index is 0.0317. The summed E-state index contributed by atoms with van der Waals surface area (Å²) in [5.74, 6) is 4.30. The number of ether oxygens (including phenoxy) is 1. The van der Waals surface area contributed by atoms with Crippen LogP contribution in [0.2, 0.25) is 0 Å². The first-order valence-electron chi connectivity index (χ1n) is 18.2. The first-order chi connectivity index (χ1) is 25.2. The Labute approximate surface area is 310 Å². The number of aromatic nitrogens is 3. The van der Waals surface area contributed by atoms with E-state index in [4.69, 9.17) is 10.6 Å². The molecule has 3 aliphatic heterocycles. The Balaban J connectivity index is 0.999. The summed E-state index contributed by atoms with van der Waals surface area (Å²) in [7, 11) is 2.05. The number of benzene rings is 3. The molecule has 5 aromatic rings. The summed E-state index contributed by atoms with van der Waals surface area (Å²) in [6.07, 6.45) is 4.84. The Morgan fingerprint density at radius 1 is 0.962 bits per heavy atom. The molecule has 3 unspecified atom stereocenters. The van der Waals surface area contributed by atoms with Crippen LogP contribution in [0.3, 0.4) is 0 Å². The van der Waals surface area contributed by atoms with Crippen molar-refractivity contribution in [2.75, 3.05) is 20.1 Å². The van der Waals surface area contributed by atoms with Crippen molar-refractivity contribution < 1.29 is 22.3 Å². The third kappa shape index (κ3) is 5.67. The number of nitrogens with two attached hydrogens (primary N) is 1. The number of nitrogens with zero attached hydrogens (tertiary/aromatic N) is 4. The number of nitrogens with one attached hydrogen (secondary N) is 2. The van der Waals surface area contributed by atoms with Gasteiger partial charge in [0.25, 0.3) is 5.92 Å². The molecule has 3 fully saturated rings. The molecule has 5 heterocycles. The Morgan fingerprint density at radius 3 is 2.40 bits per heavy atom. The van der Waals surface area contributed by atoms with E-state index in [9.17, 15) is 9.59 Å². The van der Waals surface area contributed by atoms with E-state index in [1.54, 1.807) is 65.7 Å². The van der Waals surface area contributed by atoms with Crippen LogP contribution in [0.4, 0.5) is 13.6 Å². The lowest BCUT2D eigenvalue weighted by molar-refractivity contribution is -0.699. The van der Waals surface area contributed by atoms with Gasteiger partial charge in [0.15, 0.2) is 29.4 Å². The highest BCUT2D eigenvalue weighted by atomic mass is 32.2. The highest BCUT2D eigenvalue weighted by Gasteiger charge is 2.70. The number of halogens is 2. The molecule has 2 aromatic heterocycles. The number of aromatic amines is 2. The molecule has 0 saturated carbocycles. The van der Waals surface area contributed by atoms with Crippen LogP contribution < -0.4 is 11.3 Å². The van der Waals surface area contributed by atoms with Crippen molar-refractivity contribution in [1.82, 2.24) is 24.2 Å². The van der Waals surface area contributed by atoms with Crippen molar-refractivity contribution in [3.8, 4) is 33.5 Å². The molecule has 4 N–H and O–H groups in total. The molecule has 3 aromatic carbocycles. The second-order valence-electron chi connectivity index (χ2n) is 15.8. The maximum absolute atomic E-state index is 16.4. The van der Waals surface area contributed by atoms with Crippen LogP contribution in [0.15, 0.2) is 71.7 Å². The van der Waals surface area contributed by atoms with E-state index >= 15 is 8.78 Å². The van der Waals surface area contributed by atoms with Crippen LogP contribution in [0.25, 0.3) is 44.4 Å². The van der Waals surface area contributed by atoms with Crippen molar-refractivity contribution in [3.63, 3.8) is 0 Å². The Kier molecular flexibility index (Phi) is 7.73. The van der Waals surface area contributed by atoms with Crippen molar-refractivity contribution in [2.45, 2.75) is 76.1 Å². The molecule has 0 bridgehead atoms. The van der Waals surface area contributed by atoms with Gasteiger partial charge in [-0.2, -0.15) is 18.6 Å². The number of imidazole rings is 1. The Bertz CT molecular complexity index is 2370. The smallest absolute Gasteiger partial charge is 0.410 e. The highest BCUT2D eigenvalue weighted by molar-refractivity contribution is 7.91. The number of alkyl halides is 2. The molecule has 13 heteroatoms. The van der Waals surface area contributed by atoms with Gasteiger partial charge in [-0.15, -0.1) is 0 Å². The largest absolute Gasteiger partial charge is 0.444 e. The zero-order valence-corrected chi connectivity index (χ0v) is 30.9. The molecule has 0 radical (unpaired) electrons. The third-order valence-electron chi connectivity index (χ3n) is 11.1. The zero-order chi connectivity index (χ0) is 37.0. The summed E-state index contributed by atoms with van der Waals surface area (Å²) in [6, 6.07) is 17.2. The predicted molar refractivity (Wildman–Crippen MR) is 201 cm³/mol. The number of hydrogen-bond acceptors (Lipinski definition) is 7. The minimum Gasteiger partial charge on any atom is -0.444 e. The van der Waals surface area contributed by atoms with Gasteiger partial charge >= 0.3 is 6.09 Å². The standard InChI is InChI=1S/C40H41F2N7O3S/c1-39(2,3)52-38(51)48-16-5-7-33(48)31-20-35(50)27-14-10-23(19-30(27)45-31)22-9-12-25-26-13-11-24(18-29(26)40(41,42)28(25)17-22)32-21-44-37(46-32)36-34-8-6-15-47(4)53-49(34,36)43/h9-14,17-21,33-34,36H,5-8,15-16,43H2,1-4H3,(H-,44,45,46,50)/p+1/t33?,34?,36-,49?/m0/s1. The fraction of sp³-hybridized carbons (Fsp3) is 0.375. The number of quaternary nitrogens is 1. The van der Waals surface area contributed by atoms with Crippen molar-refractivity contribution >= 4 is 29.1 Å². The number of carbonyl (C=O) groups is 1. The molecule has 0 spiro atoms. The van der Waals surface area contributed by atoms with Crippen LogP contribution in [0.5, 0.6) is 0 Å². The van der Waals surface area contributed by atoms with E-state index in [1.165, 1.54) is 0 Å². The van der Waals surface area contributed by atoms with Gasteiger partial charge in [0, 0.05) is 60.4 Å². The summed E-state index contributed by atoms with van der Waals surface area (Å²) in [4.78, 5) is 39.4. The molecule has 4 aliphatic rings. The van der Waals surface area contributed by atoms with E-state index in [2.05, 4.69) is 19.3 Å². The number of amides is 1. The van der Waals surface area contributed by atoms with Crippen LogP contribution in [0.1, 0.15) is 81.2 Å². The van der Waals surface area contributed by atoms with Gasteiger partial charge in [-0.3, -0.25) is 9.69 Å². The average molecular weight is 739 g/mol. The normalized spacial score (nSPS) is 24.8. The van der Waals surface area contributed by atoms with E-state index in [0.29, 0.717) is 67.1 Å². The fourth-order valence-corrected chi connectivity index (χ4v) is 9.84. The molecular formula is C40H42F2N7O3S+. The molecule has 10 nitrogen and oxygen atoms in total. The molecule has 4 atom stereocenters. The first-order valence-corrected chi connectivity index (χ1v) is 18.9. The second-order valence-corrected chi connectivity index (χ2v) is 17.2. The molecule has 9 rings (SSSR count). The lowest BCUT2D eigenvalue weighted by atomic mass is 9.97. The monoisotopic (exact) mass is 738 g/mol. The topological polar surface area (TPSA) is 120 Å². The lowest BCUT2D eigenvalue weighted by Crippen LogP contribution is -2.36. The Hall–Kier alpha value is -4.56. The molecule has 53 heavy (non-hydrogen) atoms. The lowest BCUT2D eigenvalue weighted by Gasteiger charge is -2.28. The minimum atomic E-state index is -3.23. The summed E-state index contributed by atoms with van der Waals surface area (Å²) >= 11 is 1.62. The number of H-pyrrole nitrogens is 2. The van der Waals surface area contributed by atoms with Gasteiger partial charge in [-0.25, -0.2) is 14.1 Å². The maximum Gasteiger partial charge on any atom is 0.410 e. The highest BCUT2D eigenvalue weighted by Crippen LogP contribution is 2.58. The van der Waals surface area contributed by atoms with Crippen molar-refractivity contribution in [1.29, 1.82) is 0 Å². The molecular weight excluding hydrogens is 697 g/mol. The number of fused-ring (bicyclic) bond motifs is 5. The summed E-state index contributed by atoms with van der Waals surface area (Å²) in [5, 5.41) is 0.482. The zero-order valence-electron chi connectivity index (χ0n) is 30.1. The van der Waals surface area contributed by atoms with E-state index in [1.807, 2.05) is 46.0 Å².